The number of ether oxygens (including phenoxy) is 1. The molecule has 3 aromatic heterocycles. The highest BCUT2D eigenvalue weighted by atomic mass is 19.4. The molecule has 0 spiro atoms. The first-order chi connectivity index (χ1) is 18.2. The molecule has 0 unspecified atom stereocenters. The molecule has 0 saturated carbocycles. The number of nitrogens with zero attached hydrogens (tertiary/aromatic N) is 7. The van der Waals surface area contributed by atoms with Crippen LogP contribution in [0.1, 0.15) is 30.5 Å². The Morgan fingerprint density at radius 1 is 1.16 bits per heavy atom. The molecular formula is C26H23F4N7O. The zero-order chi connectivity index (χ0) is 26.9. The van der Waals surface area contributed by atoms with Crippen molar-refractivity contribution < 1.29 is 22.3 Å². The second kappa shape index (κ2) is 10.2. The maximum Gasteiger partial charge on any atom is 0.419 e. The summed E-state index contributed by atoms with van der Waals surface area (Å²) in [6.07, 6.45) is -0.991. The van der Waals surface area contributed by atoms with Crippen LogP contribution in [0, 0.1) is 23.1 Å². The first kappa shape index (κ1) is 25.4. The lowest BCUT2D eigenvalue weighted by atomic mass is 9.94. The predicted octanol–water partition coefficient (Wildman–Crippen LogP) is 5.14. The zero-order valence-corrected chi connectivity index (χ0v) is 20.4. The number of hydrogen-bond acceptors (Lipinski definition) is 7. The predicted molar refractivity (Wildman–Crippen MR) is 131 cm³/mol. The van der Waals surface area contributed by atoms with Crippen LogP contribution in [-0.2, 0) is 13.2 Å². The lowest BCUT2D eigenvalue weighted by molar-refractivity contribution is -0.138. The molecule has 0 N–H and O–H groups in total. The number of rotatable bonds is 6. The number of aryl methyl sites for hydroxylation is 1. The maximum absolute atomic E-state index is 14.0. The molecule has 0 atom stereocenters. The summed E-state index contributed by atoms with van der Waals surface area (Å²) in [5.41, 5.74) is 0.226. The Morgan fingerprint density at radius 3 is 2.66 bits per heavy atom. The minimum atomic E-state index is -4.65. The van der Waals surface area contributed by atoms with Crippen LogP contribution in [0.4, 0.5) is 23.4 Å². The van der Waals surface area contributed by atoms with Crippen molar-refractivity contribution in [2.45, 2.75) is 25.4 Å². The highest BCUT2D eigenvalue weighted by molar-refractivity contribution is 5.83. The van der Waals surface area contributed by atoms with Crippen molar-refractivity contribution in [3.63, 3.8) is 0 Å². The Morgan fingerprint density at radius 2 is 1.95 bits per heavy atom. The van der Waals surface area contributed by atoms with Gasteiger partial charge in [0, 0.05) is 31.9 Å². The van der Waals surface area contributed by atoms with Gasteiger partial charge >= 0.3 is 6.18 Å². The maximum atomic E-state index is 14.0. The summed E-state index contributed by atoms with van der Waals surface area (Å²) in [5, 5.41) is 17.2. The van der Waals surface area contributed by atoms with Crippen LogP contribution in [0.5, 0.6) is 5.75 Å². The van der Waals surface area contributed by atoms with Gasteiger partial charge in [0.25, 0.3) is 0 Å². The third-order valence-electron chi connectivity index (χ3n) is 6.72. The van der Waals surface area contributed by atoms with E-state index in [9.17, 15) is 22.8 Å². The number of nitriles is 1. The quantitative estimate of drug-likeness (QED) is 0.322. The summed E-state index contributed by atoms with van der Waals surface area (Å²) in [4.78, 5) is 10.2. The Kier molecular flexibility index (Phi) is 6.84. The standard InChI is InChI=1S/C26H23F4N7O/c1-36-22-14-20(33-21(15-31)24(22)34-35-36)17-4-5-23(18(13-17)26(28,29)30)38-12-8-16-6-10-37(11-7-16)25-19(27)3-2-9-32-25/h2-5,9,13-14,16H,6-8,10-12H2,1H3. The normalized spacial score (nSPS) is 14.6. The Hall–Kier alpha value is -4.27. The molecule has 0 aliphatic carbocycles. The number of piperidine rings is 1. The number of aromatic nitrogens is 5. The largest absolute Gasteiger partial charge is 0.493 e. The van der Waals surface area contributed by atoms with Crippen molar-refractivity contribution in [3.05, 3.63) is 59.7 Å². The summed E-state index contributed by atoms with van der Waals surface area (Å²) < 4.78 is 62.9. The molecule has 1 aliphatic heterocycles. The zero-order valence-electron chi connectivity index (χ0n) is 20.4. The van der Waals surface area contributed by atoms with E-state index < -0.39 is 11.7 Å². The molecule has 4 heterocycles. The van der Waals surface area contributed by atoms with E-state index in [0.717, 1.165) is 18.9 Å². The van der Waals surface area contributed by atoms with E-state index in [2.05, 4.69) is 20.3 Å². The van der Waals surface area contributed by atoms with E-state index in [0.29, 0.717) is 30.8 Å². The van der Waals surface area contributed by atoms with E-state index in [-0.39, 0.29) is 46.6 Å². The minimum Gasteiger partial charge on any atom is -0.493 e. The summed E-state index contributed by atoms with van der Waals surface area (Å²) in [6, 6.07) is 10.1. The molecule has 4 aromatic rings. The van der Waals surface area contributed by atoms with Gasteiger partial charge in [0.1, 0.15) is 17.3 Å². The van der Waals surface area contributed by atoms with Gasteiger partial charge in [-0.15, -0.1) is 5.10 Å². The third-order valence-corrected chi connectivity index (χ3v) is 6.72. The number of anilines is 1. The number of pyridine rings is 2. The molecule has 1 aliphatic rings. The first-order valence-corrected chi connectivity index (χ1v) is 12.0. The van der Waals surface area contributed by atoms with Gasteiger partial charge in [0.05, 0.1) is 23.4 Å². The van der Waals surface area contributed by atoms with Crippen LogP contribution < -0.4 is 9.64 Å². The smallest absolute Gasteiger partial charge is 0.419 e. The fourth-order valence-corrected chi connectivity index (χ4v) is 4.67. The third kappa shape index (κ3) is 5.09. The summed E-state index contributed by atoms with van der Waals surface area (Å²) in [5.74, 6) is -0.0573. The van der Waals surface area contributed by atoms with Crippen molar-refractivity contribution in [1.82, 2.24) is 25.0 Å². The van der Waals surface area contributed by atoms with Gasteiger partial charge in [-0.25, -0.2) is 19.0 Å². The van der Waals surface area contributed by atoms with E-state index in [1.807, 2.05) is 11.0 Å². The Bertz CT molecular complexity index is 1500. The SMILES string of the molecule is Cn1nnc2c(C#N)nc(-c3ccc(OCCC4CCN(c5ncccc5F)CC4)c(C(F)(F)F)c3)cc21. The molecule has 1 aromatic carbocycles. The molecule has 8 nitrogen and oxygen atoms in total. The van der Waals surface area contributed by atoms with E-state index in [1.54, 1.807) is 25.4 Å². The average molecular weight is 526 g/mol. The average Bonchev–Trinajstić information content (AvgIpc) is 3.29. The lowest BCUT2D eigenvalue weighted by Gasteiger charge is -2.32. The van der Waals surface area contributed by atoms with E-state index in [4.69, 9.17) is 4.74 Å². The van der Waals surface area contributed by atoms with Gasteiger partial charge in [0.15, 0.2) is 17.3 Å². The molecule has 1 saturated heterocycles. The summed E-state index contributed by atoms with van der Waals surface area (Å²) >= 11 is 0. The van der Waals surface area contributed by atoms with Crippen molar-refractivity contribution in [3.8, 4) is 23.1 Å². The molecular weight excluding hydrogens is 502 g/mol. The number of alkyl halides is 3. The highest BCUT2D eigenvalue weighted by Crippen LogP contribution is 2.39. The van der Waals surface area contributed by atoms with Crippen molar-refractivity contribution in [2.75, 3.05) is 24.6 Å². The molecule has 0 bridgehead atoms. The Balaban J connectivity index is 1.28. The molecule has 196 valence electrons. The van der Waals surface area contributed by atoms with Crippen molar-refractivity contribution in [2.24, 2.45) is 13.0 Å². The van der Waals surface area contributed by atoms with Crippen LogP contribution in [0.15, 0.2) is 42.6 Å². The fraction of sp³-hybridized carbons (Fsp3) is 0.346. The number of halogens is 4. The second-order valence-electron chi connectivity index (χ2n) is 9.13. The van der Waals surface area contributed by atoms with Crippen LogP contribution >= 0.6 is 0 Å². The first-order valence-electron chi connectivity index (χ1n) is 12.0. The summed E-state index contributed by atoms with van der Waals surface area (Å²) in [7, 11) is 1.62. The van der Waals surface area contributed by atoms with Crippen molar-refractivity contribution >= 4 is 16.9 Å². The molecule has 0 amide bonds. The van der Waals surface area contributed by atoms with Gasteiger partial charge in [-0.1, -0.05) is 5.21 Å². The Labute approximate surface area is 215 Å². The number of hydrogen-bond donors (Lipinski definition) is 0. The van der Waals surface area contributed by atoms with Crippen LogP contribution in [-0.4, -0.2) is 44.7 Å². The van der Waals surface area contributed by atoms with Crippen LogP contribution in [0.25, 0.3) is 22.3 Å². The molecule has 0 radical (unpaired) electrons. The van der Waals surface area contributed by atoms with Gasteiger partial charge in [-0.3, -0.25) is 0 Å². The van der Waals surface area contributed by atoms with Gasteiger partial charge in [0.2, 0.25) is 0 Å². The topological polar surface area (TPSA) is 92.8 Å². The van der Waals surface area contributed by atoms with E-state index >= 15 is 0 Å². The van der Waals surface area contributed by atoms with Crippen LogP contribution in [0.3, 0.4) is 0 Å². The second-order valence-corrected chi connectivity index (χ2v) is 9.13. The molecule has 5 rings (SSSR count). The number of fused-ring (bicyclic) bond motifs is 1. The fourth-order valence-electron chi connectivity index (χ4n) is 4.67. The monoisotopic (exact) mass is 525 g/mol. The number of benzene rings is 1. The highest BCUT2D eigenvalue weighted by Gasteiger charge is 2.35. The van der Waals surface area contributed by atoms with Gasteiger partial charge in [-0.05, 0) is 61.6 Å². The molecule has 38 heavy (non-hydrogen) atoms. The van der Waals surface area contributed by atoms with Crippen LogP contribution in [0.2, 0.25) is 0 Å². The molecule has 1 fully saturated rings. The van der Waals surface area contributed by atoms with E-state index in [1.165, 1.54) is 22.9 Å². The summed E-state index contributed by atoms with van der Waals surface area (Å²) in [6.45, 7) is 1.36. The van der Waals surface area contributed by atoms with Gasteiger partial charge < -0.3 is 9.64 Å². The van der Waals surface area contributed by atoms with Crippen molar-refractivity contribution in [1.29, 1.82) is 5.26 Å². The molecule has 12 heteroatoms. The van der Waals surface area contributed by atoms with Gasteiger partial charge in [-0.2, -0.15) is 18.4 Å². The lowest BCUT2D eigenvalue weighted by Crippen LogP contribution is -2.35. The minimum absolute atomic E-state index is 0.0173.